The van der Waals surface area contributed by atoms with Crippen molar-refractivity contribution in [2.45, 2.75) is 6.42 Å². The Kier molecular flexibility index (Phi) is 2.81. The van der Waals surface area contributed by atoms with Crippen LogP contribution in [0.3, 0.4) is 0 Å². The SMILES string of the molecule is COc1cc2c(cc1OC)C1=Cc3ccccc3[N+]1(C)CC2. The third-order valence-electron chi connectivity index (χ3n) is 5.01. The highest BCUT2D eigenvalue weighted by molar-refractivity contribution is 5.98. The molecule has 0 N–H and O–H groups in total. The van der Waals surface area contributed by atoms with Crippen molar-refractivity contribution in [1.82, 2.24) is 4.48 Å². The minimum Gasteiger partial charge on any atom is -0.493 e. The summed E-state index contributed by atoms with van der Waals surface area (Å²) in [5, 5.41) is 0. The molecule has 0 aliphatic carbocycles. The van der Waals surface area contributed by atoms with Crippen molar-refractivity contribution in [3.8, 4) is 11.5 Å². The summed E-state index contributed by atoms with van der Waals surface area (Å²) in [7, 11) is 5.69. The molecule has 0 spiro atoms. The first-order chi connectivity index (χ1) is 10.7. The zero-order chi connectivity index (χ0) is 15.3. The molecular formula is C19H20NO2+. The summed E-state index contributed by atoms with van der Waals surface area (Å²) < 4.78 is 11.8. The molecule has 3 nitrogen and oxygen atoms in total. The Morgan fingerprint density at radius 3 is 2.50 bits per heavy atom. The standard InChI is InChI=1S/C19H20NO2/c1-20-9-8-13-11-18(21-2)19(22-3)12-15(13)17(20)10-14-6-4-5-7-16(14)20/h4-7,10-12H,8-9H2,1-3H3/q+1. The van der Waals surface area contributed by atoms with E-state index >= 15 is 0 Å². The molecule has 0 aromatic heterocycles. The molecule has 0 saturated heterocycles. The fourth-order valence-corrected chi connectivity index (χ4v) is 3.77. The molecule has 2 aromatic rings. The van der Waals surface area contributed by atoms with Crippen LogP contribution in [0.4, 0.5) is 5.69 Å². The first kappa shape index (κ1) is 13.4. The van der Waals surface area contributed by atoms with E-state index in [0.29, 0.717) is 0 Å². The fourth-order valence-electron chi connectivity index (χ4n) is 3.77. The van der Waals surface area contributed by atoms with Crippen LogP contribution in [0.25, 0.3) is 11.8 Å². The van der Waals surface area contributed by atoms with E-state index in [-0.39, 0.29) is 0 Å². The van der Waals surface area contributed by atoms with Crippen molar-refractivity contribution in [3.63, 3.8) is 0 Å². The van der Waals surface area contributed by atoms with E-state index in [4.69, 9.17) is 9.47 Å². The number of para-hydroxylation sites is 1. The molecule has 4 rings (SSSR count). The van der Waals surface area contributed by atoms with Crippen LogP contribution in [0.2, 0.25) is 0 Å². The molecule has 2 aliphatic heterocycles. The number of hydrogen-bond donors (Lipinski definition) is 0. The molecule has 2 aliphatic rings. The average molecular weight is 294 g/mol. The van der Waals surface area contributed by atoms with E-state index in [2.05, 4.69) is 49.5 Å². The molecule has 1 atom stereocenters. The van der Waals surface area contributed by atoms with Gasteiger partial charge in [0.25, 0.3) is 0 Å². The maximum absolute atomic E-state index is 5.50. The molecule has 0 fully saturated rings. The van der Waals surface area contributed by atoms with Crippen LogP contribution in [0, 0.1) is 0 Å². The van der Waals surface area contributed by atoms with Crippen LogP contribution in [-0.2, 0) is 6.42 Å². The number of hydrogen-bond acceptors (Lipinski definition) is 2. The lowest BCUT2D eigenvalue weighted by Gasteiger charge is -2.37. The highest BCUT2D eigenvalue weighted by Gasteiger charge is 2.42. The van der Waals surface area contributed by atoms with Crippen LogP contribution in [0.15, 0.2) is 36.4 Å². The number of likely N-dealkylation sites (N-methyl/N-ethyl adjacent to an activating group) is 1. The number of nitrogens with zero attached hydrogens (tertiary/aromatic N) is 1. The number of ether oxygens (including phenoxy) is 2. The van der Waals surface area contributed by atoms with Gasteiger partial charge >= 0.3 is 0 Å². The van der Waals surface area contributed by atoms with Crippen LogP contribution >= 0.6 is 0 Å². The first-order valence-electron chi connectivity index (χ1n) is 7.60. The van der Waals surface area contributed by atoms with E-state index in [1.807, 2.05) is 0 Å². The van der Waals surface area contributed by atoms with Crippen molar-refractivity contribution in [1.29, 1.82) is 0 Å². The molecule has 22 heavy (non-hydrogen) atoms. The van der Waals surface area contributed by atoms with Crippen LogP contribution in [0.5, 0.6) is 11.5 Å². The summed E-state index contributed by atoms with van der Waals surface area (Å²) in [6.45, 7) is 1.07. The lowest BCUT2D eigenvalue weighted by atomic mass is 9.94. The van der Waals surface area contributed by atoms with Crippen molar-refractivity contribution in [2.75, 3.05) is 27.8 Å². The Labute approximate surface area is 131 Å². The summed E-state index contributed by atoms with van der Waals surface area (Å²) in [5.41, 5.74) is 6.68. The van der Waals surface area contributed by atoms with Crippen LogP contribution in [-0.4, -0.2) is 27.8 Å². The summed E-state index contributed by atoms with van der Waals surface area (Å²) in [6, 6.07) is 12.9. The summed E-state index contributed by atoms with van der Waals surface area (Å²) >= 11 is 0. The molecule has 2 heterocycles. The molecule has 0 bridgehead atoms. The van der Waals surface area contributed by atoms with Crippen molar-refractivity contribution < 1.29 is 9.47 Å². The average Bonchev–Trinajstić information content (AvgIpc) is 2.87. The molecule has 0 radical (unpaired) electrons. The van der Waals surface area contributed by atoms with Gasteiger partial charge in [0, 0.05) is 29.7 Å². The number of methoxy groups -OCH3 is 2. The first-order valence-corrected chi connectivity index (χ1v) is 7.60. The largest absolute Gasteiger partial charge is 0.493 e. The highest BCUT2D eigenvalue weighted by atomic mass is 16.5. The van der Waals surface area contributed by atoms with Gasteiger partial charge in [0.1, 0.15) is 11.4 Å². The van der Waals surface area contributed by atoms with Crippen molar-refractivity contribution in [2.24, 2.45) is 0 Å². The van der Waals surface area contributed by atoms with Crippen LogP contribution < -0.4 is 14.0 Å². The van der Waals surface area contributed by atoms with Gasteiger partial charge in [-0.1, -0.05) is 12.1 Å². The lowest BCUT2D eigenvalue weighted by molar-refractivity contribution is 0.353. The second kappa shape index (κ2) is 4.62. The second-order valence-electron chi connectivity index (χ2n) is 6.12. The van der Waals surface area contributed by atoms with Gasteiger partial charge in [-0.15, -0.1) is 0 Å². The number of fused-ring (bicyclic) bond motifs is 5. The van der Waals surface area contributed by atoms with Gasteiger partial charge in [-0.3, -0.25) is 4.48 Å². The number of quaternary nitrogens is 1. The Hall–Kier alpha value is -2.26. The Bertz CT molecular complexity index is 794. The maximum atomic E-state index is 5.50. The van der Waals surface area contributed by atoms with E-state index < -0.39 is 0 Å². The summed E-state index contributed by atoms with van der Waals surface area (Å²) in [5.74, 6) is 1.61. The van der Waals surface area contributed by atoms with Gasteiger partial charge in [0.2, 0.25) is 0 Å². The van der Waals surface area contributed by atoms with Gasteiger partial charge in [0.05, 0.1) is 27.8 Å². The minimum absolute atomic E-state index is 0.798. The van der Waals surface area contributed by atoms with Gasteiger partial charge in [-0.05, 0) is 23.8 Å². The van der Waals surface area contributed by atoms with Gasteiger partial charge < -0.3 is 9.47 Å². The molecule has 0 amide bonds. The maximum Gasteiger partial charge on any atom is 0.161 e. The zero-order valence-electron chi connectivity index (χ0n) is 13.2. The zero-order valence-corrected chi connectivity index (χ0v) is 13.2. The molecule has 3 heteroatoms. The molecule has 112 valence electrons. The Morgan fingerprint density at radius 1 is 1.00 bits per heavy atom. The highest BCUT2D eigenvalue weighted by Crippen LogP contribution is 2.48. The van der Waals surface area contributed by atoms with Crippen LogP contribution in [0.1, 0.15) is 16.7 Å². The predicted octanol–water partition coefficient (Wildman–Crippen LogP) is 3.71. The Morgan fingerprint density at radius 2 is 1.73 bits per heavy atom. The van der Waals surface area contributed by atoms with Gasteiger partial charge in [0.15, 0.2) is 11.5 Å². The molecule has 2 aromatic carbocycles. The Balaban J connectivity index is 1.93. The topological polar surface area (TPSA) is 18.5 Å². The van der Waals surface area contributed by atoms with Gasteiger partial charge in [-0.25, -0.2) is 0 Å². The summed E-state index contributed by atoms with van der Waals surface area (Å²) in [4.78, 5) is 0. The second-order valence-corrected chi connectivity index (χ2v) is 6.12. The molecule has 0 saturated carbocycles. The molecule has 1 unspecified atom stereocenters. The number of rotatable bonds is 2. The van der Waals surface area contributed by atoms with E-state index in [0.717, 1.165) is 28.9 Å². The van der Waals surface area contributed by atoms with Crippen molar-refractivity contribution >= 4 is 17.5 Å². The lowest BCUT2D eigenvalue weighted by Crippen LogP contribution is -2.45. The monoisotopic (exact) mass is 294 g/mol. The third kappa shape index (κ3) is 1.66. The fraction of sp³-hybridized carbons (Fsp3) is 0.263. The minimum atomic E-state index is 0.798. The normalized spacial score (nSPS) is 21.5. The van der Waals surface area contributed by atoms with Gasteiger partial charge in [-0.2, -0.15) is 0 Å². The van der Waals surface area contributed by atoms with Crippen molar-refractivity contribution in [3.05, 3.63) is 53.1 Å². The van der Waals surface area contributed by atoms with E-state index in [9.17, 15) is 0 Å². The van der Waals surface area contributed by atoms with E-state index in [1.54, 1.807) is 14.2 Å². The number of benzene rings is 2. The molecular weight excluding hydrogens is 274 g/mol. The predicted molar refractivity (Wildman–Crippen MR) is 90.1 cm³/mol. The third-order valence-corrected chi connectivity index (χ3v) is 5.01. The summed E-state index contributed by atoms with van der Waals surface area (Å²) in [6.07, 6.45) is 3.36. The van der Waals surface area contributed by atoms with E-state index in [1.165, 1.54) is 28.1 Å². The quantitative estimate of drug-likeness (QED) is 0.786. The smallest absolute Gasteiger partial charge is 0.161 e.